The van der Waals surface area contributed by atoms with Crippen LogP contribution in [0.25, 0.3) is 0 Å². The van der Waals surface area contributed by atoms with Crippen molar-refractivity contribution in [3.8, 4) is 0 Å². The molecule has 0 bridgehead atoms. The zero-order valence-electron chi connectivity index (χ0n) is 13.0. The van der Waals surface area contributed by atoms with E-state index in [1.165, 1.54) is 12.8 Å². The molecular weight excluding hydrogens is 251 g/mol. The van der Waals surface area contributed by atoms with Gasteiger partial charge in [0.15, 0.2) is 0 Å². The minimum Gasteiger partial charge on any atom is -0.316 e. The van der Waals surface area contributed by atoms with Crippen molar-refractivity contribution >= 4 is 0 Å². The number of rotatable bonds is 6. The van der Waals surface area contributed by atoms with Gasteiger partial charge in [-0.15, -0.1) is 0 Å². The third kappa shape index (κ3) is 3.80. The van der Waals surface area contributed by atoms with Crippen LogP contribution < -0.4 is 5.32 Å². The maximum Gasteiger partial charge on any atom is 0.126 e. The molecule has 2 rings (SSSR count). The first-order chi connectivity index (χ1) is 9.61. The van der Waals surface area contributed by atoms with Gasteiger partial charge in [-0.1, -0.05) is 19.1 Å². The van der Waals surface area contributed by atoms with Crippen molar-refractivity contribution in [3.63, 3.8) is 0 Å². The molecule has 1 aliphatic heterocycles. The van der Waals surface area contributed by atoms with Crippen molar-refractivity contribution in [2.45, 2.75) is 39.7 Å². The van der Waals surface area contributed by atoms with Crippen molar-refractivity contribution in [2.75, 3.05) is 26.2 Å². The summed E-state index contributed by atoms with van der Waals surface area (Å²) in [4.78, 5) is 2.47. The number of hydrogen-bond acceptors (Lipinski definition) is 2. The number of nitrogens with one attached hydrogen (secondary N) is 1. The van der Waals surface area contributed by atoms with E-state index in [1.54, 1.807) is 6.07 Å². The largest absolute Gasteiger partial charge is 0.316 e. The van der Waals surface area contributed by atoms with E-state index < -0.39 is 0 Å². The molecule has 2 atom stereocenters. The zero-order chi connectivity index (χ0) is 14.5. The summed E-state index contributed by atoms with van der Waals surface area (Å²) in [6, 6.07) is 5.95. The number of halogens is 1. The van der Waals surface area contributed by atoms with Gasteiger partial charge in [-0.25, -0.2) is 4.39 Å². The Morgan fingerprint density at radius 3 is 2.95 bits per heavy atom. The lowest BCUT2D eigenvalue weighted by Crippen LogP contribution is -2.28. The van der Waals surface area contributed by atoms with Gasteiger partial charge >= 0.3 is 0 Å². The van der Waals surface area contributed by atoms with Gasteiger partial charge in [0.1, 0.15) is 5.82 Å². The van der Waals surface area contributed by atoms with Crippen molar-refractivity contribution in [2.24, 2.45) is 5.92 Å². The van der Waals surface area contributed by atoms with Crippen molar-refractivity contribution < 1.29 is 4.39 Å². The molecule has 0 amide bonds. The smallest absolute Gasteiger partial charge is 0.126 e. The topological polar surface area (TPSA) is 15.3 Å². The van der Waals surface area contributed by atoms with Crippen LogP contribution in [0, 0.1) is 18.7 Å². The average Bonchev–Trinajstić information content (AvgIpc) is 2.90. The Balaban J connectivity index is 1.90. The van der Waals surface area contributed by atoms with E-state index in [1.807, 2.05) is 13.0 Å². The average molecular weight is 278 g/mol. The Labute approximate surface area is 122 Å². The number of hydrogen-bond donors (Lipinski definition) is 1. The van der Waals surface area contributed by atoms with E-state index in [-0.39, 0.29) is 5.82 Å². The standard InChI is InChI=1S/C17H27FN2/c1-4-8-19-11-15-7-9-20(12-15)14(3)16-6-5-13(2)17(18)10-16/h5-6,10,14-15,19H,4,7-9,11-12H2,1-3H3. The fourth-order valence-corrected chi connectivity index (χ4v) is 2.94. The van der Waals surface area contributed by atoms with E-state index in [0.717, 1.165) is 43.2 Å². The van der Waals surface area contributed by atoms with Gasteiger partial charge in [0.2, 0.25) is 0 Å². The molecule has 112 valence electrons. The summed E-state index contributed by atoms with van der Waals surface area (Å²) in [7, 11) is 0. The van der Waals surface area contributed by atoms with Crippen LogP contribution in [-0.4, -0.2) is 31.1 Å². The Morgan fingerprint density at radius 1 is 1.45 bits per heavy atom. The van der Waals surface area contributed by atoms with Crippen LogP contribution in [-0.2, 0) is 0 Å². The van der Waals surface area contributed by atoms with E-state index in [9.17, 15) is 4.39 Å². The second kappa shape index (κ2) is 7.19. The molecule has 0 spiro atoms. The summed E-state index contributed by atoms with van der Waals surface area (Å²) in [5.41, 5.74) is 1.82. The lowest BCUT2D eigenvalue weighted by atomic mass is 10.0. The Hall–Kier alpha value is -0.930. The van der Waals surface area contributed by atoms with E-state index in [4.69, 9.17) is 0 Å². The van der Waals surface area contributed by atoms with Crippen molar-refractivity contribution in [1.82, 2.24) is 10.2 Å². The second-order valence-electron chi connectivity index (χ2n) is 6.04. The molecule has 0 saturated carbocycles. The molecule has 2 nitrogen and oxygen atoms in total. The molecule has 1 aromatic rings. The van der Waals surface area contributed by atoms with Crippen LogP contribution in [0.2, 0.25) is 0 Å². The molecule has 0 radical (unpaired) electrons. The SMILES string of the molecule is CCCNCC1CCN(C(C)c2ccc(C)c(F)c2)C1. The summed E-state index contributed by atoms with van der Waals surface area (Å²) in [6.07, 6.45) is 2.44. The van der Waals surface area contributed by atoms with E-state index in [2.05, 4.69) is 30.1 Å². The third-order valence-electron chi connectivity index (χ3n) is 4.40. The van der Waals surface area contributed by atoms with Gasteiger partial charge in [-0.3, -0.25) is 4.90 Å². The summed E-state index contributed by atoms with van der Waals surface area (Å²) in [6.45, 7) is 10.7. The highest BCUT2D eigenvalue weighted by Crippen LogP contribution is 2.28. The lowest BCUT2D eigenvalue weighted by Gasteiger charge is -2.25. The summed E-state index contributed by atoms with van der Waals surface area (Å²) < 4.78 is 13.7. The minimum atomic E-state index is -0.0882. The van der Waals surface area contributed by atoms with Crippen LogP contribution >= 0.6 is 0 Å². The third-order valence-corrected chi connectivity index (χ3v) is 4.40. The normalized spacial score (nSPS) is 21.3. The maximum atomic E-state index is 13.7. The van der Waals surface area contributed by atoms with Gasteiger partial charge in [0, 0.05) is 12.6 Å². The van der Waals surface area contributed by atoms with Gasteiger partial charge in [-0.05, 0) is 69.4 Å². The summed E-state index contributed by atoms with van der Waals surface area (Å²) in [5.74, 6) is 0.647. The number of nitrogens with zero attached hydrogens (tertiary/aromatic N) is 1. The van der Waals surface area contributed by atoms with E-state index in [0.29, 0.717) is 6.04 Å². The van der Waals surface area contributed by atoms with E-state index >= 15 is 0 Å². The molecule has 0 aliphatic carbocycles. The molecule has 2 unspecified atom stereocenters. The summed E-state index contributed by atoms with van der Waals surface area (Å²) in [5, 5.41) is 3.51. The molecule has 20 heavy (non-hydrogen) atoms. The number of benzene rings is 1. The first kappa shape index (κ1) is 15.5. The predicted octanol–water partition coefficient (Wildman–Crippen LogP) is 3.52. The second-order valence-corrected chi connectivity index (χ2v) is 6.04. The van der Waals surface area contributed by atoms with Crippen molar-refractivity contribution in [3.05, 3.63) is 35.1 Å². The highest BCUT2D eigenvalue weighted by Gasteiger charge is 2.26. The van der Waals surface area contributed by atoms with Gasteiger partial charge in [0.25, 0.3) is 0 Å². The quantitative estimate of drug-likeness (QED) is 0.801. The Bertz CT molecular complexity index is 433. The number of likely N-dealkylation sites (tertiary alicyclic amines) is 1. The first-order valence-electron chi connectivity index (χ1n) is 7.82. The molecule has 1 aliphatic rings. The highest BCUT2D eigenvalue weighted by molar-refractivity contribution is 5.25. The molecule has 1 saturated heterocycles. The molecule has 1 N–H and O–H groups in total. The molecule has 1 heterocycles. The van der Waals surface area contributed by atoms with Crippen LogP contribution in [0.15, 0.2) is 18.2 Å². The summed E-state index contributed by atoms with van der Waals surface area (Å²) >= 11 is 0. The molecule has 0 aromatic heterocycles. The van der Waals surface area contributed by atoms with Gasteiger partial charge in [0.05, 0.1) is 0 Å². The van der Waals surface area contributed by atoms with Crippen molar-refractivity contribution in [1.29, 1.82) is 0 Å². The van der Waals surface area contributed by atoms with Gasteiger partial charge in [-0.2, -0.15) is 0 Å². The number of aryl methyl sites for hydroxylation is 1. The maximum absolute atomic E-state index is 13.7. The fourth-order valence-electron chi connectivity index (χ4n) is 2.94. The minimum absolute atomic E-state index is 0.0882. The van der Waals surface area contributed by atoms with Crippen LogP contribution in [0.5, 0.6) is 0 Å². The first-order valence-corrected chi connectivity index (χ1v) is 7.82. The molecule has 3 heteroatoms. The zero-order valence-corrected chi connectivity index (χ0v) is 13.0. The predicted molar refractivity (Wildman–Crippen MR) is 82.4 cm³/mol. The molecule has 1 aromatic carbocycles. The van der Waals surface area contributed by atoms with Crippen LogP contribution in [0.3, 0.4) is 0 Å². The molecule has 1 fully saturated rings. The van der Waals surface area contributed by atoms with Crippen LogP contribution in [0.4, 0.5) is 4.39 Å². The lowest BCUT2D eigenvalue weighted by molar-refractivity contribution is 0.251. The molecular formula is C17H27FN2. The van der Waals surface area contributed by atoms with Crippen LogP contribution in [0.1, 0.15) is 43.9 Å². The monoisotopic (exact) mass is 278 g/mol. The fraction of sp³-hybridized carbons (Fsp3) is 0.647. The highest BCUT2D eigenvalue weighted by atomic mass is 19.1. The van der Waals surface area contributed by atoms with Gasteiger partial charge < -0.3 is 5.32 Å². The Morgan fingerprint density at radius 2 is 2.25 bits per heavy atom. The Kier molecular flexibility index (Phi) is 5.55.